The third-order valence-electron chi connectivity index (χ3n) is 9.28. The Kier molecular flexibility index (Phi) is 9.37. The van der Waals surface area contributed by atoms with Crippen molar-refractivity contribution in [2.45, 2.75) is 70.6 Å². The molecule has 7 nitrogen and oxygen atoms in total. The summed E-state index contributed by atoms with van der Waals surface area (Å²) in [6.45, 7) is 9.94. The van der Waals surface area contributed by atoms with Gasteiger partial charge in [-0.15, -0.1) is 0 Å². The van der Waals surface area contributed by atoms with E-state index in [1.165, 1.54) is 38.4 Å². The molecule has 2 aliphatic rings. The van der Waals surface area contributed by atoms with Crippen molar-refractivity contribution >= 4 is 40.7 Å². The van der Waals surface area contributed by atoms with Crippen LogP contribution >= 0.6 is 23.2 Å². The maximum Gasteiger partial charge on any atom is 0.251 e. The van der Waals surface area contributed by atoms with Crippen LogP contribution in [-0.4, -0.2) is 49.1 Å². The summed E-state index contributed by atoms with van der Waals surface area (Å²) in [5.74, 6) is -3.33. The third-order valence-corrected chi connectivity index (χ3v) is 9.81. The molecule has 0 aromatic heterocycles. The molecule has 47 heavy (non-hydrogen) atoms. The number of halogens is 4. The summed E-state index contributed by atoms with van der Waals surface area (Å²) in [5.41, 5.74) is -1.32. The van der Waals surface area contributed by atoms with Gasteiger partial charge in [-0.05, 0) is 59.7 Å². The number of hydrogen-bond acceptors (Lipinski definition) is 5. The smallest absolute Gasteiger partial charge is 0.251 e. The lowest BCUT2D eigenvalue weighted by Crippen LogP contribution is -2.53. The molecule has 2 fully saturated rings. The molecule has 2 saturated heterocycles. The normalized spacial score (nSPS) is 24.4. The Morgan fingerprint density at radius 2 is 1.83 bits per heavy atom. The fraction of sp³-hybridized carbons (Fsp3) is 0.417. The van der Waals surface area contributed by atoms with E-state index in [9.17, 15) is 10.1 Å². The van der Waals surface area contributed by atoms with E-state index in [0.29, 0.717) is 23.4 Å². The summed E-state index contributed by atoms with van der Waals surface area (Å²) < 4.78 is 38.2. The number of carbonyl (C=O) groups excluding carboxylic acids is 2. The van der Waals surface area contributed by atoms with Crippen LogP contribution in [0.2, 0.25) is 10.0 Å². The number of benzene rings is 3. The number of nitrogens with zero attached hydrogens (tertiary/aromatic N) is 3. The molecular weight excluding hydrogens is 645 g/mol. The Morgan fingerprint density at radius 3 is 2.40 bits per heavy atom. The first-order chi connectivity index (χ1) is 22.1. The van der Waals surface area contributed by atoms with Gasteiger partial charge in [-0.2, -0.15) is 5.26 Å². The Morgan fingerprint density at radius 1 is 1.13 bits per heavy atom. The minimum Gasteiger partial charge on any atom is -0.495 e. The molecule has 5 rings (SSSR count). The van der Waals surface area contributed by atoms with E-state index in [2.05, 4.69) is 11.4 Å². The summed E-state index contributed by atoms with van der Waals surface area (Å²) in [4.78, 5) is 31.1. The molecule has 2 unspecified atom stereocenters. The zero-order valence-electron chi connectivity index (χ0n) is 27.4. The Balaban J connectivity index is 1.86. The first-order valence-corrected chi connectivity index (χ1v) is 16.2. The Labute approximate surface area is 284 Å². The molecule has 0 saturated carbocycles. The number of anilines is 1. The molecule has 2 heterocycles. The lowest BCUT2D eigenvalue weighted by Gasteiger charge is -2.43. The lowest BCUT2D eigenvalue weighted by atomic mass is 9.62. The minimum atomic E-state index is -1.74. The fourth-order valence-corrected chi connectivity index (χ4v) is 7.89. The summed E-state index contributed by atoms with van der Waals surface area (Å²) in [6, 6.07) is 14.0. The second-order valence-electron chi connectivity index (χ2n) is 13.7. The highest BCUT2D eigenvalue weighted by Crippen LogP contribution is 2.60. The maximum atomic E-state index is 16.3. The van der Waals surface area contributed by atoms with Crippen LogP contribution in [0.3, 0.4) is 0 Å². The monoisotopic (exact) mass is 682 g/mol. The Hall–Kier alpha value is -3.71. The van der Waals surface area contributed by atoms with Crippen LogP contribution in [-0.2, 0) is 10.2 Å². The number of rotatable bonds is 7. The van der Waals surface area contributed by atoms with Crippen molar-refractivity contribution < 1.29 is 23.1 Å². The van der Waals surface area contributed by atoms with Crippen LogP contribution < -0.4 is 15.0 Å². The topological polar surface area (TPSA) is 85.7 Å². The van der Waals surface area contributed by atoms with E-state index in [-0.39, 0.29) is 33.0 Å². The highest BCUT2D eigenvalue weighted by molar-refractivity contribution is 6.31. The number of methoxy groups -OCH3 is 1. The third kappa shape index (κ3) is 5.64. The van der Waals surface area contributed by atoms with E-state index in [0.717, 1.165) is 6.07 Å². The largest absolute Gasteiger partial charge is 0.495 e. The van der Waals surface area contributed by atoms with Crippen LogP contribution in [0, 0.1) is 34.3 Å². The van der Waals surface area contributed by atoms with Crippen molar-refractivity contribution in [3.63, 3.8) is 0 Å². The number of nitriles is 1. The van der Waals surface area contributed by atoms with Gasteiger partial charge in [0.1, 0.15) is 28.8 Å². The summed E-state index contributed by atoms with van der Waals surface area (Å²) in [5, 5.41) is 13.9. The van der Waals surface area contributed by atoms with Crippen LogP contribution in [0.5, 0.6) is 5.75 Å². The van der Waals surface area contributed by atoms with Gasteiger partial charge in [0, 0.05) is 35.2 Å². The number of fused-ring (bicyclic) bond motifs is 1. The van der Waals surface area contributed by atoms with Gasteiger partial charge in [0.25, 0.3) is 5.91 Å². The van der Waals surface area contributed by atoms with Crippen molar-refractivity contribution in [1.82, 2.24) is 10.2 Å². The molecule has 3 aromatic rings. The van der Waals surface area contributed by atoms with Gasteiger partial charge in [0.05, 0.1) is 30.1 Å². The second-order valence-corrected chi connectivity index (χ2v) is 14.6. The second kappa shape index (κ2) is 12.7. The molecule has 0 aliphatic carbocycles. The van der Waals surface area contributed by atoms with Gasteiger partial charge in [0.15, 0.2) is 0 Å². The first-order valence-electron chi connectivity index (χ1n) is 15.4. The van der Waals surface area contributed by atoms with Crippen molar-refractivity contribution in [2.24, 2.45) is 11.3 Å². The van der Waals surface area contributed by atoms with Gasteiger partial charge in [-0.3, -0.25) is 19.4 Å². The van der Waals surface area contributed by atoms with Crippen LogP contribution in [0.4, 0.5) is 14.5 Å². The van der Waals surface area contributed by atoms with Crippen LogP contribution in [0.15, 0.2) is 54.6 Å². The lowest BCUT2D eigenvalue weighted by molar-refractivity contribution is -0.119. The van der Waals surface area contributed by atoms with E-state index in [1.54, 1.807) is 29.2 Å². The first kappa shape index (κ1) is 34.6. The highest BCUT2D eigenvalue weighted by atomic mass is 35.5. The molecular formula is C36H38Cl2F2N4O3. The molecule has 0 radical (unpaired) electrons. The van der Waals surface area contributed by atoms with Gasteiger partial charge >= 0.3 is 0 Å². The zero-order valence-corrected chi connectivity index (χ0v) is 28.9. The quantitative estimate of drug-likeness (QED) is 0.276. The SMILES string of the molecule is CNC(=O)c1ccc(N2C(=O)[C@H]3C(c4cccc(Cl)c4F)[C@@](C#N)(c4ccc(Cl)cc4F)[C@H](CC(C)(C)C)N3C2C(C)C)c(OC)c1. The molecule has 248 valence electrons. The summed E-state index contributed by atoms with van der Waals surface area (Å²) in [6.07, 6.45) is -0.301. The van der Waals surface area contributed by atoms with Gasteiger partial charge in [-0.1, -0.05) is 76.0 Å². The average molecular weight is 684 g/mol. The van der Waals surface area contributed by atoms with E-state index in [4.69, 9.17) is 27.9 Å². The predicted molar refractivity (Wildman–Crippen MR) is 179 cm³/mol. The fourth-order valence-electron chi connectivity index (χ4n) is 7.55. The van der Waals surface area contributed by atoms with Crippen molar-refractivity contribution in [3.05, 3.63) is 93.0 Å². The van der Waals surface area contributed by atoms with E-state index in [1.807, 2.05) is 39.5 Å². The molecule has 11 heteroatoms. The maximum absolute atomic E-state index is 16.3. The van der Waals surface area contributed by atoms with Crippen molar-refractivity contribution in [3.8, 4) is 11.8 Å². The minimum absolute atomic E-state index is 0.0341. The number of hydrogen-bond donors (Lipinski definition) is 1. The van der Waals surface area contributed by atoms with Gasteiger partial charge < -0.3 is 10.1 Å². The molecule has 0 spiro atoms. The molecule has 0 bridgehead atoms. The number of amides is 2. The molecule has 1 N–H and O–H groups in total. The summed E-state index contributed by atoms with van der Waals surface area (Å²) in [7, 11) is 2.97. The van der Waals surface area contributed by atoms with E-state index >= 15 is 13.6 Å². The predicted octanol–water partition coefficient (Wildman–Crippen LogP) is 7.70. The highest BCUT2D eigenvalue weighted by Gasteiger charge is 2.70. The molecule has 3 aromatic carbocycles. The zero-order chi connectivity index (χ0) is 34.6. The number of carbonyl (C=O) groups is 2. The molecule has 2 amide bonds. The van der Waals surface area contributed by atoms with Crippen LogP contribution in [0.25, 0.3) is 0 Å². The van der Waals surface area contributed by atoms with E-state index < -0.39 is 52.5 Å². The molecule has 5 atom stereocenters. The Bertz CT molecular complexity index is 1770. The van der Waals surface area contributed by atoms with Crippen molar-refractivity contribution in [2.75, 3.05) is 19.1 Å². The summed E-state index contributed by atoms with van der Waals surface area (Å²) >= 11 is 12.5. The standard InChI is InChI=1S/C36H38Cl2F2N4O3/c1-19(2)33-43(26-14-11-20(32(45)42-6)15-27(26)47-7)34(46)31-29(22-9-8-10-24(38)30(22)40)36(18-41,23-13-12-21(37)16-25(23)39)28(44(31)33)17-35(3,4)5/h8-16,19,28-29,31,33H,17H2,1-7H3,(H,42,45)/t28-,29?,31+,33?,36-/m0/s1. The number of nitrogens with one attached hydrogen (secondary N) is 1. The number of ether oxygens (including phenoxy) is 1. The van der Waals surface area contributed by atoms with Gasteiger partial charge in [-0.25, -0.2) is 8.78 Å². The average Bonchev–Trinajstić information content (AvgIpc) is 3.46. The van der Waals surface area contributed by atoms with Crippen LogP contribution in [0.1, 0.15) is 68.4 Å². The van der Waals surface area contributed by atoms with Crippen molar-refractivity contribution in [1.29, 1.82) is 5.26 Å². The van der Waals surface area contributed by atoms with Gasteiger partial charge in [0.2, 0.25) is 5.91 Å². The molecule has 2 aliphatic heterocycles.